The number of nitrogens with zero attached hydrogens (tertiary/aromatic N) is 1. The highest BCUT2D eigenvalue weighted by Crippen LogP contribution is 2.29. The van der Waals surface area contributed by atoms with Crippen LogP contribution in [-0.4, -0.2) is 25.3 Å². The Balaban J connectivity index is 3.39. The topological polar surface area (TPSA) is 79.5 Å². The lowest BCUT2D eigenvalue weighted by molar-refractivity contribution is 0.0593. The molecule has 0 saturated carbocycles. The summed E-state index contributed by atoms with van der Waals surface area (Å²) in [5.41, 5.74) is 0.121. The number of hydrogen-bond donors (Lipinski definition) is 1. The Morgan fingerprint density at radius 1 is 1.47 bits per heavy atom. The number of carbonyl (C=O) groups is 1. The Morgan fingerprint density at radius 2 is 2.13 bits per heavy atom. The van der Waals surface area contributed by atoms with Crippen LogP contribution in [0.3, 0.4) is 0 Å². The molecule has 0 aliphatic rings. The molecule has 5 nitrogen and oxygen atoms in total. The second-order valence-electron chi connectivity index (χ2n) is 2.68. The number of methoxy groups -OCH3 is 2. The van der Waals surface area contributed by atoms with E-state index in [2.05, 4.69) is 4.74 Å². The van der Waals surface area contributed by atoms with Gasteiger partial charge in [-0.25, -0.2) is 4.79 Å². The van der Waals surface area contributed by atoms with E-state index in [1.165, 1.54) is 26.4 Å². The normalized spacial score (nSPS) is 9.13. The van der Waals surface area contributed by atoms with Gasteiger partial charge in [-0.2, -0.15) is 5.26 Å². The van der Waals surface area contributed by atoms with Crippen LogP contribution in [0.5, 0.6) is 11.5 Å². The molecular weight excluding hydrogens is 198 g/mol. The second kappa shape index (κ2) is 4.33. The number of nitriles is 1. The third-order valence-corrected chi connectivity index (χ3v) is 1.82. The summed E-state index contributed by atoms with van der Waals surface area (Å²) < 4.78 is 9.35. The molecule has 15 heavy (non-hydrogen) atoms. The minimum absolute atomic E-state index is 0.0843. The van der Waals surface area contributed by atoms with Crippen molar-refractivity contribution < 1.29 is 19.4 Å². The fraction of sp³-hybridized carbons (Fsp3) is 0.200. The second-order valence-corrected chi connectivity index (χ2v) is 2.68. The van der Waals surface area contributed by atoms with Crippen LogP contribution in [0.2, 0.25) is 0 Å². The van der Waals surface area contributed by atoms with E-state index in [4.69, 9.17) is 10.00 Å². The lowest BCUT2D eigenvalue weighted by atomic mass is 10.1. The summed E-state index contributed by atoms with van der Waals surface area (Å²) in [5, 5.41) is 18.1. The third-order valence-electron chi connectivity index (χ3n) is 1.82. The molecule has 0 aliphatic carbocycles. The molecule has 0 fully saturated rings. The van der Waals surface area contributed by atoms with Crippen molar-refractivity contribution in [3.05, 3.63) is 23.3 Å². The first kappa shape index (κ1) is 10.9. The van der Waals surface area contributed by atoms with E-state index in [1.54, 1.807) is 0 Å². The average Bonchev–Trinajstić information content (AvgIpc) is 2.26. The minimum Gasteiger partial charge on any atom is -0.507 e. The number of hydrogen-bond acceptors (Lipinski definition) is 5. The Labute approximate surface area is 86.5 Å². The predicted molar refractivity (Wildman–Crippen MR) is 50.7 cm³/mol. The molecular formula is C10H9NO4. The number of aromatic hydroxyl groups is 1. The molecule has 78 valence electrons. The Hall–Kier alpha value is -2.22. The van der Waals surface area contributed by atoms with E-state index in [0.717, 1.165) is 0 Å². The van der Waals surface area contributed by atoms with Gasteiger partial charge in [0.15, 0.2) is 0 Å². The largest absolute Gasteiger partial charge is 0.507 e. The standard InChI is InChI=1S/C10H9NO4/c1-14-8-4-6(5-11)3-7(12)9(8)10(13)15-2/h3-4,12H,1-2H3. The lowest BCUT2D eigenvalue weighted by Crippen LogP contribution is -2.04. The monoisotopic (exact) mass is 207 g/mol. The summed E-state index contributed by atoms with van der Waals surface area (Å²) in [6.07, 6.45) is 0. The molecule has 1 aromatic rings. The number of ether oxygens (including phenoxy) is 2. The smallest absolute Gasteiger partial charge is 0.345 e. The molecule has 1 N–H and O–H groups in total. The molecule has 0 radical (unpaired) electrons. The van der Waals surface area contributed by atoms with Crippen molar-refractivity contribution in [2.45, 2.75) is 0 Å². The van der Waals surface area contributed by atoms with Gasteiger partial charge in [0.1, 0.15) is 17.1 Å². The van der Waals surface area contributed by atoms with Gasteiger partial charge in [-0.15, -0.1) is 0 Å². The average molecular weight is 207 g/mol. The van der Waals surface area contributed by atoms with E-state index in [0.29, 0.717) is 0 Å². The van der Waals surface area contributed by atoms with Gasteiger partial charge in [-0.05, 0) is 12.1 Å². The quantitative estimate of drug-likeness (QED) is 0.733. The number of rotatable bonds is 2. The Bertz CT molecular complexity index is 434. The minimum atomic E-state index is -0.714. The van der Waals surface area contributed by atoms with Crippen molar-refractivity contribution in [3.63, 3.8) is 0 Å². The molecule has 0 bridgehead atoms. The highest BCUT2D eigenvalue weighted by atomic mass is 16.5. The van der Waals surface area contributed by atoms with E-state index in [1.807, 2.05) is 6.07 Å². The summed E-state index contributed by atoms with van der Waals surface area (Å²) in [6, 6.07) is 4.36. The fourth-order valence-electron chi connectivity index (χ4n) is 1.13. The molecule has 0 aromatic heterocycles. The molecule has 0 spiro atoms. The van der Waals surface area contributed by atoms with Crippen molar-refractivity contribution in [1.29, 1.82) is 5.26 Å². The maximum absolute atomic E-state index is 11.3. The maximum atomic E-state index is 11.3. The highest BCUT2D eigenvalue weighted by Gasteiger charge is 2.19. The van der Waals surface area contributed by atoms with Crippen LogP contribution >= 0.6 is 0 Å². The zero-order chi connectivity index (χ0) is 11.4. The molecule has 0 atom stereocenters. The fourth-order valence-corrected chi connectivity index (χ4v) is 1.13. The number of phenols is 1. The first-order valence-corrected chi connectivity index (χ1v) is 4.03. The van der Waals surface area contributed by atoms with Crippen LogP contribution in [0.4, 0.5) is 0 Å². The lowest BCUT2D eigenvalue weighted by Gasteiger charge is -2.08. The van der Waals surface area contributed by atoms with E-state index < -0.39 is 5.97 Å². The number of benzene rings is 1. The van der Waals surface area contributed by atoms with E-state index >= 15 is 0 Å². The first-order chi connectivity index (χ1) is 7.13. The first-order valence-electron chi connectivity index (χ1n) is 4.03. The van der Waals surface area contributed by atoms with Gasteiger partial charge in [0.05, 0.1) is 25.9 Å². The molecule has 0 aliphatic heterocycles. The van der Waals surface area contributed by atoms with Crippen LogP contribution in [0.15, 0.2) is 12.1 Å². The molecule has 5 heteroatoms. The van der Waals surface area contributed by atoms with Gasteiger partial charge in [0.25, 0.3) is 0 Å². The van der Waals surface area contributed by atoms with Crippen LogP contribution in [0.1, 0.15) is 15.9 Å². The van der Waals surface area contributed by atoms with Crippen molar-refractivity contribution in [2.75, 3.05) is 14.2 Å². The number of phenolic OH excluding ortho intramolecular Hbond substituents is 1. The Kier molecular flexibility index (Phi) is 3.13. The molecule has 0 saturated heterocycles. The van der Waals surface area contributed by atoms with Crippen molar-refractivity contribution >= 4 is 5.97 Å². The van der Waals surface area contributed by atoms with Crippen LogP contribution in [0.25, 0.3) is 0 Å². The third kappa shape index (κ3) is 1.99. The van der Waals surface area contributed by atoms with E-state index in [-0.39, 0.29) is 22.6 Å². The maximum Gasteiger partial charge on any atom is 0.345 e. The predicted octanol–water partition coefficient (Wildman–Crippen LogP) is 1.06. The zero-order valence-corrected chi connectivity index (χ0v) is 8.27. The van der Waals surface area contributed by atoms with E-state index in [9.17, 15) is 9.90 Å². The highest BCUT2D eigenvalue weighted by molar-refractivity contribution is 5.95. The zero-order valence-electron chi connectivity index (χ0n) is 8.27. The summed E-state index contributed by atoms with van der Waals surface area (Å²) in [5.74, 6) is -0.940. The summed E-state index contributed by atoms with van der Waals surface area (Å²) >= 11 is 0. The number of carbonyl (C=O) groups excluding carboxylic acids is 1. The van der Waals surface area contributed by atoms with Crippen LogP contribution < -0.4 is 4.74 Å². The molecule has 1 aromatic carbocycles. The number of esters is 1. The van der Waals surface area contributed by atoms with Gasteiger partial charge >= 0.3 is 5.97 Å². The van der Waals surface area contributed by atoms with Gasteiger partial charge in [-0.3, -0.25) is 0 Å². The summed E-state index contributed by atoms with van der Waals surface area (Å²) in [4.78, 5) is 11.3. The van der Waals surface area contributed by atoms with Gasteiger partial charge < -0.3 is 14.6 Å². The Morgan fingerprint density at radius 3 is 2.60 bits per heavy atom. The van der Waals surface area contributed by atoms with Gasteiger partial charge in [0, 0.05) is 0 Å². The molecule has 0 heterocycles. The van der Waals surface area contributed by atoms with Crippen molar-refractivity contribution in [2.24, 2.45) is 0 Å². The molecule has 1 rings (SSSR count). The SMILES string of the molecule is COC(=O)c1c(O)cc(C#N)cc1OC. The molecule has 0 unspecified atom stereocenters. The molecule has 0 amide bonds. The van der Waals surface area contributed by atoms with Crippen LogP contribution in [-0.2, 0) is 4.74 Å². The van der Waals surface area contributed by atoms with Crippen molar-refractivity contribution in [3.8, 4) is 17.6 Å². The summed E-state index contributed by atoms with van der Waals surface area (Å²) in [6.45, 7) is 0. The van der Waals surface area contributed by atoms with Gasteiger partial charge in [-0.1, -0.05) is 0 Å². The van der Waals surface area contributed by atoms with Crippen LogP contribution in [0, 0.1) is 11.3 Å². The van der Waals surface area contributed by atoms with Gasteiger partial charge in [0.2, 0.25) is 0 Å². The van der Waals surface area contributed by atoms with Crippen molar-refractivity contribution in [1.82, 2.24) is 0 Å². The summed E-state index contributed by atoms with van der Waals surface area (Å²) in [7, 11) is 2.53.